The Balaban J connectivity index is 2.38. The lowest BCUT2D eigenvalue weighted by Gasteiger charge is -2.10. The predicted octanol–water partition coefficient (Wildman–Crippen LogP) is 0.237. The number of nitrogens with one attached hydrogen (secondary N) is 1. The smallest absolute Gasteiger partial charge is 0.317 e. The molecule has 0 spiro atoms. The fourth-order valence-corrected chi connectivity index (χ4v) is 0.942. The zero-order valence-corrected chi connectivity index (χ0v) is 5.76. The zero-order chi connectivity index (χ0) is 7.40. The van der Waals surface area contributed by atoms with E-state index in [-0.39, 0.29) is 0 Å². The second-order valence-corrected chi connectivity index (χ2v) is 2.27. The summed E-state index contributed by atoms with van der Waals surface area (Å²) in [5.74, 6) is 0.735. The molecule has 0 aromatic rings. The van der Waals surface area contributed by atoms with Gasteiger partial charge >= 0.3 is 6.03 Å². The number of aliphatic imine (C=N–C) groups is 1. The van der Waals surface area contributed by atoms with Crippen LogP contribution in [0.25, 0.3) is 0 Å². The Morgan fingerprint density at radius 3 is 2.90 bits per heavy atom. The normalized spacial score (nSPS) is 17.8. The third-order valence-corrected chi connectivity index (χ3v) is 1.39. The molecule has 0 aromatic heterocycles. The van der Waals surface area contributed by atoms with Crippen LogP contribution in [0.2, 0.25) is 0 Å². The van der Waals surface area contributed by atoms with Gasteiger partial charge in [-0.1, -0.05) is 0 Å². The van der Waals surface area contributed by atoms with Crippen LogP contribution in [-0.2, 0) is 0 Å². The molecule has 0 aliphatic carbocycles. The van der Waals surface area contributed by atoms with Crippen molar-refractivity contribution < 1.29 is 4.79 Å². The van der Waals surface area contributed by atoms with Gasteiger partial charge in [-0.25, -0.2) is 4.79 Å². The van der Waals surface area contributed by atoms with E-state index in [9.17, 15) is 4.79 Å². The van der Waals surface area contributed by atoms with Crippen LogP contribution < -0.4 is 11.1 Å². The first-order valence-corrected chi connectivity index (χ1v) is 3.39. The summed E-state index contributed by atoms with van der Waals surface area (Å²) in [5, 5.41) is 2.47. The molecule has 0 atom stereocenters. The molecular weight excluding hydrogens is 130 g/mol. The summed E-state index contributed by atoms with van der Waals surface area (Å²) in [4.78, 5) is 14.4. The molecule has 0 unspecified atom stereocenters. The summed E-state index contributed by atoms with van der Waals surface area (Å²) in [5.41, 5.74) is 4.89. The second-order valence-electron chi connectivity index (χ2n) is 2.27. The molecule has 0 saturated heterocycles. The van der Waals surface area contributed by atoms with Crippen molar-refractivity contribution in [2.45, 2.75) is 19.3 Å². The fraction of sp³-hybridized carbons (Fsp3) is 0.667. The summed E-state index contributed by atoms with van der Waals surface area (Å²) in [6, 6.07) is -0.513. The van der Waals surface area contributed by atoms with Crippen molar-refractivity contribution >= 4 is 11.9 Å². The first-order valence-electron chi connectivity index (χ1n) is 3.39. The maximum atomic E-state index is 10.3. The van der Waals surface area contributed by atoms with E-state index in [0.717, 1.165) is 31.6 Å². The van der Waals surface area contributed by atoms with Crippen LogP contribution in [0.3, 0.4) is 0 Å². The minimum atomic E-state index is -0.513. The number of hydrogen-bond acceptors (Lipinski definition) is 2. The molecule has 4 nitrogen and oxygen atoms in total. The summed E-state index contributed by atoms with van der Waals surface area (Å²) in [6.07, 6.45) is 3.06. The Hall–Kier alpha value is -1.06. The van der Waals surface area contributed by atoms with Crippen LogP contribution in [0.4, 0.5) is 4.79 Å². The number of primary amides is 1. The molecule has 0 bridgehead atoms. The van der Waals surface area contributed by atoms with Gasteiger partial charge in [0.05, 0.1) is 0 Å². The van der Waals surface area contributed by atoms with E-state index in [1.165, 1.54) is 0 Å². The van der Waals surface area contributed by atoms with Crippen LogP contribution in [0.1, 0.15) is 19.3 Å². The molecule has 0 aromatic carbocycles. The van der Waals surface area contributed by atoms with Crippen molar-refractivity contribution in [1.82, 2.24) is 5.32 Å². The van der Waals surface area contributed by atoms with E-state index in [1.807, 2.05) is 0 Å². The molecule has 0 radical (unpaired) electrons. The van der Waals surface area contributed by atoms with E-state index < -0.39 is 6.03 Å². The Morgan fingerprint density at radius 1 is 1.60 bits per heavy atom. The maximum Gasteiger partial charge on any atom is 0.317 e. The Bertz CT molecular complexity index is 164. The fourth-order valence-electron chi connectivity index (χ4n) is 0.942. The van der Waals surface area contributed by atoms with Crippen molar-refractivity contribution in [3.63, 3.8) is 0 Å². The second kappa shape index (κ2) is 3.20. The van der Waals surface area contributed by atoms with Gasteiger partial charge in [0.1, 0.15) is 5.84 Å². The topological polar surface area (TPSA) is 67.5 Å². The highest BCUT2D eigenvalue weighted by Gasteiger charge is 2.05. The van der Waals surface area contributed by atoms with E-state index in [2.05, 4.69) is 10.3 Å². The summed E-state index contributed by atoms with van der Waals surface area (Å²) in [6.45, 7) is 0.815. The third-order valence-electron chi connectivity index (χ3n) is 1.39. The summed E-state index contributed by atoms with van der Waals surface area (Å²) >= 11 is 0. The molecule has 4 heteroatoms. The van der Waals surface area contributed by atoms with E-state index >= 15 is 0 Å². The standard InChI is InChI=1S/C6H11N3O/c7-6(10)9-5-3-1-2-4-8-5/h1-4H2,(H3,7,8,9,10). The van der Waals surface area contributed by atoms with Gasteiger partial charge in [0, 0.05) is 13.0 Å². The number of rotatable bonds is 0. The van der Waals surface area contributed by atoms with Gasteiger partial charge in [0.2, 0.25) is 0 Å². The molecule has 2 amide bonds. The van der Waals surface area contributed by atoms with Crippen molar-refractivity contribution in [3.8, 4) is 0 Å². The third kappa shape index (κ3) is 2.05. The minimum absolute atomic E-state index is 0.513. The highest BCUT2D eigenvalue weighted by atomic mass is 16.2. The van der Waals surface area contributed by atoms with Gasteiger partial charge in [0.15, 0.2) is 0 Å². The molecule has 1 heterocycles. The molecule has 10 heavy (non-hydrogen) atoms. The number of hydrogen-bond donors (Lipinski definition) is 2. The number of urea groups is 1. The quantitative estimate of drug-likeness (QED) is 0.498. The van der Waals surface area contributed by atoms with Gasteiger partial charge in [-0.2, -0.15) is 0 Å². The Kier molecular flexibility index (Phi) is 2.25. The molecule has 1 aliphatic rings. The summed E-state index contributed by atoms with van der Waals surface area (Å²) in [7, 11) is 0. The Morgan fingerprint density at radius 2 is 2.40 bits per heavy atom. The summed E-state index contributed by atoms with van der Waals surface area (Å²) < 4.78 is 0. The number of amides is 2. The van der Waals surface area contributed by atoms with E-state index in [1.54, 1.807) is 0 Å². The van der Waals surface area contributed by atoms with Crippen LogP contribution in [0.5, 0.6) is 0 Å². The number of amidine groups is 1. The zero-order valence-electron chi connectivity index (χ0n) is 5.76. The van der Waals surface area contributed by atoms with E-state index in [4.69, 9.17) is 5.73 Å². The first kappa shape index (κ1) is 7.05. The lowest BCUT2D eigenvalue weighted by atomic mass is 10.2. The van der Waals surface area contributed by atoms with Gasteiger partial charge in [0.25, 0.3) is 0 Å². The van der Waals surface area contributed by atoms with Crippen LogP contribution in [-0.4, -0.2) is 18.4 Å². The van der Waals surface area contributed by atoms with Gasteiger partial charge in [-0.15, -0.1) is 0 Å². The first-order chi connectivity index (χ1) is 4.79. The molecule has 0 saturated carbocycles. The molecule has 3 N–H and O–H groups in total. The van der Waals surface area contributed by atoms with Crippen LogP contribution in [0, 0.1) is 0 Å². The average molecular weight is 141 g/mol. The number of carbonyl (C=O) groups is 1. The van der Waals surface area contributed by atoms with Crippen molar-refractivity contribution in [1.29, 1.82) is 0 Å². The number of nitrogens with two attached hydrogens (primary N) is 1. The largest absolute Gasteiger partial charge is 0.351 e. The minimum Gasteiger partial charge on any atom is -0.351 e. The lowest BCUT2D eigenvalue weighted by Crippen LogP contribution is -2.36. The van der Waals surface area contributed by atoms with Crippen LogP contribution in [0.15, 0.2) is 4.99 Å². The predicted molar refractivity (Wildman–Crippen MR) is 38.9 cm³/mol. The maximum absolute atomic E-state index is 10.3. The molecule has 0 fully saturated rings. The van der Waals surface area contributed by atoms with E-state index in [0.29, 0.717) is 0 Å². The highest BCUT2D eigenvalue weighted by Crippen LogP contribution is 2.03. The number of nitrogens with zero attached hydrogens (tertiary/aromatic N) is 1. The molecular formula is C6H11N3O. The molecule has 1 aliphatic heterocycles. The Labute approximate surface area is 59.5 Å². The van der Waals surface area contributed by atoms with Crippen molar-refractivity contribution in [3.05, 3.63) is 0 Å². The molecule has 1 rings (SSSR count). The SMILES string of the molecule is NC(=O)NC1=NCCCC1. The lowest BCUT2D eigenvalue weighted by molar-refractivity contribution is 0.253. The number of carbonyl (C=O) groups excluding carboxylic acids is 1. The highest BCUT2D eigenvalue weighted by molar-refractivity contribution is 5.96. The van der Waals surface area contributed by atoms with Crippen LogP contribution >= 0.6 is 0 Å². The monoisotopic (exact) mass is 141 g/mol. The van der Waals surface area contributed by atoms with Gasteiger partial charge in [-0.3, -0.25) is 10.3 Å². The molecule has 56 valence electrons. The average Bonchev–Trinajstić information content (AvgIpc) is 1.88. The van der Waals surface area contributed by atoms with Gasteiger partial charge < -0.3 is 5.73 Å². The van der Waals surface area contributed by atoms with Gasteiger partial charge in [-0.05, 0) is 12.8 Å². The van der Waals surface area contributed by atoms with Crippen molar-refractivity contribution in [2.75, 3.05) is 6.54 Å². The van der Waals surface area contributed by atoms with Crippen molar-refractivity contribution in [2.24, 2.45) is 10.7 Å².